The summed E-state index contributed by atoms with van der Waals surface area (Å²) in [7, 11) is 0. The zero-order chi connectivity index (χ0) is 23.8. The van der Waals surface area contributed by atoms with Crippen molar-refractivity contribution in [3.05, 3.63) is 66.9 Å². The maximum Gasteiger partial charge on any atom is 0.160 e. The van der Waals surface area contributed by atoms with Crippen LogP contribution in [0.15, 0.2) is 61.3 Å². The zero-order valence-electron chi connectivity index (χ0n) is 19.5. The van der Waals surface area contributed by atoms with E-state index in [4.69, 9.17) is 9.72 Å². The number of nitrogens with one attached hydrogen (secondary N) is 2. The predicted molar refractivity (Wildman–Crippen MR) is 135 cm³/mol. The Balaban J connectivity index is 1.26. The molecule has 1 aromatic carbocycles. The monoisotopic (exact) mass is 467 g/mol. The van der Waals surface area contributed by atoms with Gasteiger partial charge in [0.05, 0.1) is 5.52 Å². The standard InChI is InChI=1S/C25H25N9O/c1-16-11-18(3-5-21(16)35-19-7-9-34-23(12-19)28-15-30-34)31-25-24-20(27-14-29-25)4-6-22(32-24)33-10-8-26-13-17(33)2/h3-7,9,11-12,14-15,17,26H,8,10,13H2,1-2H3,(H,27,29,31)/t17-/m1/s1. The van der Waals surface area contributed by atoms with Crippen molar-refractivity contribution in [1.29, 1.82) is 0 Å². The van der Waals surface area contributed by atoms with Crippen molar-refractivity contribution in [2.75, 3.05) is 29.9 Å². The quantitative estimate of drug-likeness (QED) is 0.400. The van der Waals surface area contributed by atoms with Gasteiger partial charge in [-0.15, -0.1) is 0 Å². The molecule has 1 aliphatic rings. The minimum atomic E-state index is 0.371. The summed E-state index contributed by atoms with van der Waals surface area (Å²) in [5, 5.41) is 11.0. The summed E-state index contributed by atoms with van der Waals surface area (Å²) >= 11 is 0. The third kappa shape index (κ3) is 4.19. The van der Waals surface area contributed by atoms with Crippen molar-refractivity contribution in [3.63, 3.8) is 0 Å². The van der Waals surface area contributed by atoms with Crippen LogP contribution in [-0.2, 0) is 0 Å². The summed E-state index contributed by atoms with van der Waals surface area (Å²) in [4.78, 5) is 20.4. The van der Waals surface area contributed by atoms with Crippen LogP contribution < -0.4 is 20.3 Å². The van der Waals surface area contributed by atoms with Crippen LogP contribution in [-0.4, -0.2) is 55.2 Å². The number of piperazine rings is 1. The Morgan fingerprint density at radius 3 is 2.89 bits per heavy atom. The van der Waals surface area contributed by atoms with Crippen molar-refractivity contribution in [1.82, 2.24) is 34.9 Å². The Kier molecular flexibility index (Phi) is 5.34. The summed E-state index contributed by atoms with van der Waals surface area (Å²) in [5.41, 5.74) is 4.16. The Labute approximate surface area is 202 Å². The van der Waals surface area contributed by atoms with Gasteiger partial charge in [0.15, 0.2) is 11.5 Å². The summed E-state index contributed by atoms with van der Waals surface area (Å²) in [5.74, 6) is 3.08. The lowest BCUT2D eigenvalue weighted by Gasteiger charge is -2.35. The van der Waals surface area contributed by atoms with E-state index >= 15 is 0 Å². The first kappa shape index (κ1) is 21.2. The normalized spacial score (nSPS) is 16.1. The van der Waals surface area contributed by atoms with Gasteiger partial charge < -0.3 is 20.3 Å². The fourth-order valence-corrected chi connectivity index (χ4v) is 4.33. The summed E-state index contributed by atoms with van der Waals surface area (Å²) < 4.78 is 7.79. The SMILES string of the molecule is Cc1cc(Nc2ncnc3ccc(N4CCNC[C@H]4C)nc23)ccc1Oc1ccn2ncnc2c1. The number of hydrogen-bond donors (Lipinski definition) is 2. The number of hydrogen-bond acceptors (Lipinski definition) is 9. The molecule has 1 fully saturated rings. The molecule has 5 heterocycles. The maximum absolute atomic E-state index is 6.10. The van der Waals surface area contributed by atoms with Gasteiger partial charge in [-0.3, -0.25) is 0 Å². The van der Waals surface area contributed by atoms with Gasteiger partial charge in [-0.25, -0.2) is 24.5 Å². The van der Waals surface area contributed by atoms with Crippen molar-refractivity contribution in [3.8, 4) is 11.5 Å². The number of anilines is 3. The van der Waals surface area contributed by atoms with E-state index in [2.05, 4.69) is 42.5 Å². The lowest BCUT2D eigenvalue weighted by molar-refractivity contribution is 0.478. The van der Waals surface area contributed by atoms with Crippen molar-refractivity contribution in [2.45, 2.75) is 19.9 Å². The Morgan fingerprint density at radius 1 is 1.06 bits per heavy atom. The highest BCUT2D eigenvalue weighted by Gasteiger charge is 2.20. The van der Waals surface area contributed by atoms with Gasteiger partial charge in [0.2, 0.25) is 0 Å². The molecule has 176 valence electrons. The van der Waals surface area contributed by atoms with Crippen LogP contribution in [0.5, 0.6) is 11.5 Å². The lowest BCUT2D eigenvalue weighted by Crippen LogP contribution is -2.50. The molecule has 0 unspecified atom stereocenters. The van der Waals surface area contributed by atoms with E-state index in [0.29, 0.717) is 17.6 Å². The number of benzene rings is 1. The number of aryl methyl sites for hydroxylation is 1. The van der Waals surface area contributed by atoms with Gasteiger partial charge >= 0.3 is 0 Å². The van der Waals surface area contributed by atoms with Crippen LogP contribution in [0.25, 0.3) is 16.7 Å². The molecule has 35 heavy (non-hydrogen) atoms. The Hall–Kier alpha value is -4.31. The lowest BCUT2D eigenvalue weighted by atomic mass is 10.2. The van der Waals surface area contributed by atoms with Crippen LogP contribution in [0.4, 0.5) is 17.3 Å². The second kappa shape index (κ2) is 8.80. The van der Waals surface area contributed by atoms with Crippen LogP contribution in [0.1, 0.15) is 12.5 Å². The van der Waals surface area contributed by atoms with E-state index in [-0.39, 0.29) is 0 Å². The summed E-state index contributed by atoms with van der Waals surface area (Å²) in [6, 6.07) is 14.1. The number of ether oxygens (including phenoxy) is 1. The largest absolute Gasteiger partial charge is 0.457 e. The van der Waals surface area contributed by atoms with E-state index in [1.165, 1.54) is 6.33 Å². The molecule has 0 aliphatic carbocycles. The Morgan fingerprint density at radius 2 is 2.00 bits per heavy atom. The van der Waals surface area contributed by atoms with Gasteiger partial charge in [0, 0.05) is 43.6 Å². The number of aromatic nitrogens is 6. The van der Waals surface area contributed by atoms with E-state index < -0.39 is 0 Å². The number of nitrogens with zero attached hydrogens (tertiary/aromatic N) is 7. The smallest absolute Gasteiger partial charge is 0.160 e. The molecule has 1 saturated heterocycles. The molecule has 0 saturated carbocycles. The van der Waals surface area contributed by atoms with Crippen LogP contribution >= 0.6 is 0 Å². The third-order valence-electron chi connectivity index (χ3n) is 6.18. The minimum Gasteiger partial charge on any atom is -0.457 e. The van der Waals surface area contributed by atoms with Crippen molar-refractivity contribution < 1.29 is 4.74 Å². The van der Waals surface area contributed by atoms with Crippen LogP contribution in [0.3, 0.4) is 0 Å². The van der Waals surface area contributed by atoms with E-state index in [1.54, 1.807) is 10.8 Å². The van der Waals surface area contributed by atoms with Gasteiger partial charge in [-0.1, -0.05) is 0 Å². The van der Waals surface area contributed by atoms with E-state index in [0.717, 1.165) is 59.1 Å². The molecular formula is C25H25N9O. The minimum absolute atomic E-state index is 0.371. The molecule has 0 spiro atoms. The summed E-state index contributed by atoms with van der Waals surface area (Å²) in [6.07, 6.45) is 4.90. The highest BCUT2D eigenvalue weighted by atomic mass is 16.5. The molecule has 5 aromatic rings. The van der Waals surface area contributed by atoms with Gasteiger partial charge in [-0.2, -0.15) is 5.10 Å². The van der Waals surface area contributed by atoms with Crippen LogP contribution in [0, 0.1) is 6.92 Å². The number of fused-ring (bicyclic) bond motifs is 2. The zero-order valence-corrected chi connectivity index (χ0v) is 19.5. The van der Waals surface area contributed by atoms with Crippen LogP contribution in [0.2, 0.25) is 0 Å². The molecule has 2 N–H and O–H groups in total. The molecule has 0 bridgehead atoms. The first-order valence-electron chi connectivity index (χ1n) is 11.6. The molecule has 6 rings (SSSR count). The molecule has 1 atom stereocenters. The number of rotatable bonds is 5. The first-order valence-corrected chi connectivity index (χ1v) is 11.6. The highest BCUT2D eigenvalue weighted by Crippen LogP contribution is 2.30. The molecule has 0 radical (unpaired) electrons. The highest BCUT2D eigenvalue weighted by molar-refractivity contribution is 5.88. The second-order valence-corrected chi connectivity index (χ2v) is 8.64. The topological polar surface area (TPSA) is 105 Å². The molecule has 10 nitrogen and oxygen atoms in total. The van der Waals surface area contributed by atoms with Crippen molar-refractivity contribution >= 4 is 34.0 Å². The first-order chi connectivity index (χ1) is 17.1. The second-order valence-electron chi connectivity index (χ2n) is 8.64. The average molecular weight is 468 g/mol. The maximum atomic E-state index is 6.10. The third-order valence-corrected chi connectivity index (χ3v) is 6.18. The molecule has 4 aromatic heterocycles. The summed E-state index contributed by atoms with van der Waals surface area (Å²) in [6.45, 7) is 7.02. The van der Waals surface area contributed by atoms with E-state index in [1.807, 2.05) is 55.6 Å². The Bertz CT molecular complexity index is 1520. The molecule has 1 aliphatic heterocycles. The fourth-order valence-electron chi connectivity index (χ4n) is 4.33. The number of pyridine rings is 2. The molecule has 0 amide bonds. The fraction of sp³-hybridized carbons (Fsp3) is 0.240. The predicted octanol–water partition coefficient (Wildman–Crippen LogP) is 3.71. The van der Waals surface area contributed by atoms with E-state index in [9.17, 15) is 0 Å². The average Bonchev–Trinajstić information content (AvgIpc) is 3.34. The van der Waals surface area contributed by atoms with Gasteiger partial charge in [-0.05, 0) is 55.8 Å². The van der Waals surface area contributed by atoms with Gasteiger partial charge in [0.25, 0.3) is 0 Å². The van der Waals surface area contributed by atoms with Gasteiger partial charge in [0.1, 0.15) is 35.5 Å². The molecule has 10 heteroatoms. The molecular weight excluding hydrogens is 442 g/mol. The van der Waals surface area contributed by atoms with Crippen molar-refractivity contribution in [2.24, 2.45) is 0 Å².